The Hall–Kier alpha value is -3.79. The van der Waals surface area contributed by atoms with Gasteiger partial charge in [0.25, 0.3) is 5.91 Å². The molecule has 1 amide bonds. The van der Waals surface area contributed by atoms with Gasteiger partial charge in [0.2, 0.25) is 10.0 Å². The van der Waals surface area contributed by atoms with E-state index >= 15 is 0 Å². The average molecular weight is 622 g/mol. The van der Waals surface area contributed by atoms with Gasteiger partial charge in [-0.2, -0.15) is 13.2 Å². The maximum absolute atomic E-state index is 14.3. The number of hydrogen-bond acceptors (Lipinski definition) is 6. The van der Waals surface area contributed by atoms with Gasteiger partial charge in [-0.3, -0.25) is 4.79 Å². The molecule has 0 radical (unpaired) electrons. The van der Waals surface area contributed by atoms with Crippen molar-refractivity contribution in [1.82, 2.24) is 10.0 Å². The van der Waals surface area contributed by atoms with E-state index in [9.17, 15) is 45.2 Å². The molecule has 1 aliphatic carbocycles. The lowest BCUT2D eigenvalue weighted by atomic mass is 9.78. The molecule has 43 heavy (non-hydrogen) atoms. The van der Waals surface area contributed by atoms with E-state index in [0.717, 1.165) is 12.8 Å². The third kappa shape index (κ3) is 6.44. The molecule has 0 saturated heterocycles. The Morgan fingerprint density at radius 2 is 1.72 bits per heavy atom. The standard InChI is InChI=1S/C28H24BF5N2O6S/c1-35-27(37)25-20-10-19(14-2-3-14)17(9-24(20)42-26(25)15-4-6-18(30)7-5-15)13-43(40,41)36-12-16-8-23(31)22(29(38)39)11-21(16)28(32,33)34/h4-11,14,36,38-39H,2-3,12-13H2,1H3,(H,35,37). The summed E-state index contributed by atoms with van der Waals surface area (Å²) in [5.41, 5.74) is -1.50. The highest BCUT2D eigenvalue weighted by Gasteiger charge is 2.36. The van der Waals surface area contributed by atoms with E-state index < -0.39 is 69.7 Å². The Morgan fingerprint density at radius 3 is 2.30 bits per heavy atom. The van der Waals surface area contributed by atoms with Crippen LogP contribution in [0.5, 0.6) is 0 Å². The SMILES string of the molecule is CNC(=O)c1c(-c2ccc(F)cc2)oc2cc(CS(=O)(=O)NCc3cc(F)c(B(O)O)cc3C(F)(F)F)c(C3CC3)cc12. The summed E-state index contributed by atoms with van der Waals surface area (Å²) in [5, 5.41) is 21.3. The van der Waals surface area contributed by atoms with E-state index in [1.165, 1.54) is 37.4 Å². The zero-order valence-corrected chi connectivity index (χ0v) is 23.2. The van der Waals surface area contributed by atoms with Crippen molar-refractivity contribution in [3.8, 4) is 11.3 Å². The maximum atomic E-state index is 14.3. The first-order chi connectivity index (χ1) is 20.2. The number of nitrogens with one attached hydrogen (secondary N) is 2. The van der Waals surface area contributed by atoms with E-state index in [1.807, 2.05) is 0 Å². The van der Waals surface area contributed by atoms with Crippen LogP contribution in [0.4, 0.5) is 22.0 Å². The molecule has 4 N–H and O–H groups in total. The van der Waals surface area contributed by atoms with E-state index in [0.29, 0.717) is 28.1 Å². The zero-order chi connectivity index (χ0) is 31.3. The van der Waals surface area contributed by atoms with Gasteiger partial charge in [-0.05, 0) is 84.0 Å². The smallest absolute Gasteiger partial charge is 0.455 e. The van der Waals surface area contributed by atoms with Crippen LogP contribution < -0.4 is 15.5 Å². The van der Waals surface area contributed by atoms with Crippen molar-refractivity contribution in [3.05, 3.63) is 88.0 Å². The van der Waals surface area contributed by atoms with Gasteiger partial charge >= 0.3 is 13.3 Å². The van der Waals surface area contributed by atoms with Crippen LogP contribution in [0.15, 0.2) is 52.9 Å². The first-order valence-electron chi connectivity index (χ1n) is 13.0. The fourth-order valence-electron chi connectivity index (χ4n) is 4.94. The number of amides is 1. The Morgan fingerprint density at radius 1 is 1.05 bits per heavy atom. The van der Waals surface area contributed by atoms with Gasteiger partial charge in [-0.25, -0.2) is 21.9 Å². The fourth-order valence-corrected chi connectivity index (χ4v) is 6.08. The monoisotopic (exact) mass is 622 g/mol. The number of furan rings is 1. The van der Waals surface area contributed by atoms with Gasteiger partial charge in [0.15, 0.2) is 0 Å². The molecule has 1 aromatic heterocycles. The normalized spacial score (nSPS) is 13.9. The molecule has 0 atom stereocenters. The summed E-state index contributed by atoms with van der Waals surface area (Å²) in [6.07, 6.45) is -3.53. The lowest BCUT2D eigenvalue weighted by Gasteiger charge is -2.16. The van der Waals surface area contributed by atoms with Gasteiger partial charge in [-0.15, -0.1) is 0 Å². The molecular weight excluding hydrogens is 598 g/mol. The minimum Gasteiger partial charge on any atom is -0.455 e. The Balaban J connectivity index is 1.51. The summed E-state index contributed by atoms with van der Waals surface area (Å²) in [6.45, 7) is -0.923. The van der Waals surface area contributed by atoms with Crippen LogP contribution in [0.3, 0.4) is 0 Å². The molecule has 8 nitrogen and oxygen atoms in total. The predicted octanol–water partition coefficient (Wildman–Crippen LogP) is 3.93. The first kappa shape index (κ1) is 30.7. The van der Waals surface area contributed by atoms with Gasteiger partial charge in [0.05, 0.1) is 16.9 Å². The molecule has 0 unspecified atom stereocenters. The molecule has 5 rings (SSSR count). The number of halogens is 5. The van der Waals surface area contributed by atoms with Crippen molar-refractivity contribution < 1.29 is 49.6 Å². The number of alkyl halides is 3. The topological polar surface area (TPSA) is 129 Å². The zero-order valence-electron chi connectivity index (χ0n) is 22.4. The van der Waals surface area contributed by atoms with Crippen LogP contribution in [-0.4, -0.2) is 38.5 Å². The van der Waals surface area contributed by atoms with Crippen molar-refractivity contribution in [2.45, 2.75) is 37.2 Å². The quantitative estimate of drug-likeness (QED) is 0.166. The molecule has 1 fully saturated rings. The summed E-state index contributed by atoms with van der Waals surface area (Å²) < 4.78 is 103. The molecule has 0 spiro atoms. The van der Waals surface area contributed by atoms with Crippen molar-refractivity contribution in [2.24, 2.45) is 0 Å². The van der Waals surface area contributed by atoms with Crippen molar-refractivity contribution >= 4 is 39.5 Å². The summed E-state index contributed by atoms with van der Waals surface area (Å²) in [6, 6.07) is 9.01. The van der Waals surface area contributed by atoms with Crippen LogP contribution in [-0.2, 0) is 28.5 Å². The van der Waals surface area contributed by atoms with E-state index in [2.05, 4.69) is 10.0 Å². The maximum Gasteiger partial charge on any atom is 0.491 e. The molecule has 1 aliphatic rings. The van der Waals surface area contributed by atoms with Gasteiger partial charge in [0, 0.05) is 30.0 Å². The number of carbonyl (C=O) groups excluding carboxylic acids is 1. The second-order valence-corrected chi connectivity index (χ2v) is 12.0. The number of fused-ring (bicyclic) bond motifs is 1. The Kier molecular flexibility index (Phi) is 8.11. The van der Waals surface area contributed by atoms with E-state index in [4.69, 9.17) is 4.42 Å². The number of rotatable bonds is 9. The summed E-state index contributed by atoms with van der Waals surface area (Å²) in [4.78, 5) is 12.9. The molecule has 0 aliphatic heterocycles. The molecular formula is C28H24BF5N2O6S. The molecule has 15 heteroatoms. The van der Waals surface area contributed by atoms with Gasteiger partial charge in [0.1, 0.15) is 23.0 Å². The second kappa shape index (κ2) is 11.4. The van der Waals surface area contributed by atoms with Crippen LogP contribution in [0.2, 0.25) is 0 Å². The van der Waals surface area contributed by atoms with Crippen molar-refractivity contribution in [1.29, 1.82) is 0 Å². The number of hydrogen-bond donors (Lipinski definition) is 4. The molecule has 1 heterocycles. The summed E-state index contributed by atoms with van der Waals surface area (Å²) in [7, 11) is -5.39. The molecule has 1 saturated carbocycles. The molecule has 3 aromatic carbocycles. The minimum atomic E-state index is -5.04. The van der Waals surface area contributed by atoms with Crippen LogP contribution in [0.1, 0.15) is 51.4 Å². The lowest BCUT2D eigenvalue weighted by Crippen LogP contribution is -2.35. The molecule has 0 bridgehead atoms. The fraction of sp³-hybridized carbons (Fsp3) is 0.250. The van der Waals surface area contributed by atoms with Crippen LogP contribution in [0, 0.1) is 11.6 Å². The molecule has 226 valence electrons. The third-order valence-electron chi connectivity index (χ3n) is 7.16. The minimum absolute atomic E-state index is 0.0142. The van der Waals surface area contributed by atoms with Gasteiger partial charge in [-0.1, -0.05) is 0 Å². The number of sulfonamides is 1. The van der Waals surface area contributed by atoms with Crippen LogP contribution in [0.25, 0.3) is 22.3 Å². The highest BCUT2D eigenvalue weighted by atomic mass is 32.2. The summed E-state index contributed by atoms with van der Waals surface area (Å²) in [5.74, 6) is -2.85. The number of carbonyl (C=O) groups is 1. The number of benzene rings is 3. The third-order valence-corrected chi connectivity index (χ3v) is 8.44. The van der Waals surface area contributed by atoms with Crippen LogP contribution >= 0.6 is 0 Å². The predicted molar refractivity (Wildman–Crippen MR) is 148 cm³/mol. The second-order valence-electron chi connectivity index (χ2n) is 10.2. The van der Waals surface area contributed by atoms with Crippen molar-refractivity contribution in [3.63, 3.8) is 0 Å². The lowest BCUT2D eigenvalue weighted by molar-refractivity contribution is -0.138. The largest absolute Gasteiger partial charge is 0.491 e. The summed E-state index contributed by atoms with van der Waals surface area (Å²) >= 11 is 0. The molecule has 4 aromatic rings. The van der Waals surface area contributed by atoms with E-state index in [-0.39, 0.29) is 28.9 Å². The van der Waals surface area contributed by atoms with Gasteiger partial charge < -0.3 is 19.8 Å². The van der Waals surface area contributed by atoms with Crippen molar-refractivity contribution in [2.75, 3.05) is 7.05 Å². The highest BCUT2D eigenvalue weighted by molar-refractivity contribution is 7.88. The average Bonchev–Trinajstić information content (AvgIpc) is 3.71. The van der Waals surface area contributed by atoms with E-state index in [1.54, 1.807) is 6.07 Å². The highest BCUT2D eigenvalue weighted by Crippen LogP contribution is 2.45. The first-order valence-corrected chi connectivity index (χ1v) is 14.6. The Bertz CT molecular complexity index is 1820. The Labute approximate surface area is 242 Å².